The number of nitrogens with one attached hydrogen (secondary N) is 1. The second-order valence-corrected chi connectivity index (χ2v) is 7.25. The third-order valence-electron chi connectivity index (χ3n) is 4.47. The predicted octanol–water partition coefficient (Wildman–Crippen LogP) is 4.38. The van der Waals surface area contributed by atoms with Gasteiger partial charge in [0.1, 0.15) is 11.4 Å². The first-order chi connectivity index (χ1) is 14.6. The Morgan fingerprint density at radius 3 is 2.60 bits per heavy atom. The summed E-state index contributed by atoms with van der Waals surface area (Å²) in [5.74, 6) is 0.348. The van der Waals surface area contributed by atoms with Gasteiger partial charge in [-0.25, -0.2) is 4.68 Å². The Labute approximate surface area is 178 Å². The summed E-state index contributed by atoms with van der Waals surface area (Å²) in [5.41, 5.74) is 3.34. The van der Waals surface area contributed by atoms with Gasteiger partial charge in [-0.15, -0.1) is 0 Å². The van der Waals surface area contributed by atoms with Crippen LogP contribution in [0.1, 0.15) is 21.6 Å². The van der Waals surface area contributed by atoms with E-state index in [2.05, 4.69) is 46.7 Å². The van der Waals surface area contributed by atoms with Gasteiger partial charge < -0.3 is 10.1 Å². The van der Waals surface area contributed by atoms with E-state index in [-0.39, 0.29) is 12.6 Å². The van der Waals surface area contributed by atoms with Crippen LogP contribution in [0.5, 0.6) is 5.75 Å². The molecular formula is C22H20ClN5O2. The van der Waals surface area contributed by atoms with Crippen molar-refractivity contribution < 1.29 is 9.53 Å². The molecule has 7 nitrogen and oxygen atoms in total. The van der Waals surface area contributed by atoms with Crippen molar-refractivity contribution in [1.29, 1.82) is 0 Å². The number of ether oxygens (including phenoxy) is 1. The smallest absolute Gasteiger partial charge is 0.274 e. The molecule has 1 amide bonds. The highest BCUT2D eigenvalue weighted by Crippen LogP contribution is 2.16. The summed E-state index contributed by atoms with van der Waals surface area (Å²) in [6, 6.07) is 16.9. The number of nitrogens with zero attached hydrogens (tertiary/aromatic N) is 4. The van der Waals surface area contributed by atoms with E-state index in [1.807, 2.05) is 0 Å². The molecule has 8 heteroatoms. The first kappa shape index (κ1) is 19.7. The molecular weight excluding hydrogens is 402 g/mol. The van der Waals surface area contributed by atoms with E-state index >= 15 is 0 Å². The zero-order chi connectivity index (χ0) is 20.9. The maximum absolute atomic E-state index is 12.7. The third kappa shape index (κ3) is 4.87. The SMILES string of the molecule is Cc1ccc(Cn2cc(NC(=O)c3ccnn3COc3ccc(Cl)cc3)cn2)cc1. The van der Waals surface area contributed by atoms with Crippen LogP contribution < -0.4 is 10.1 Å². The number of carbonyl (C=O) groups excluding carboxylic acids is 1. The van der Waals surface area contributed by atoms with Crippen LogP contribution >= 0.6 is 11.6 Å². The average molecular weight is 422 g/mol. The number of anilines is 1. The van der Waals surface area contributed by atoms with E-state index in [1.54, 1.807) is 53.6 Å². The predicted molar refractivity (Wildman–Crippen MR) is 115 cm³/mol. The van der Waals surface area contributed by atoms with Crippen LogP contribution in [0.2, 0.25) is 5.02 Å². The Kier molecular flexibility index (Phi) is 5.81. The lowest BCUT2D eigenvalue weighted by Crippen LogP contribution is -2.19. The van der Waals surface area contributed by atoms with Crippen molar-refractivity contribution in [3.63, 3.8) is 0 Å². The van der Waals surface area contributed by atoms with Crippen LogP contribution in [0.15, 0.2) is 73.2 Å². The first-order valence-electron chi connectivity index (χ1n) is 9.36. The summed E-state index contributed by atoms with van der Waals surface area (Å²) in [7, 11) is 0. The van der Waals surface area contributed by atoms with Gasteiger partial charge in [-0.1, -0.05) is 41.4 Å². The zero-order valence-electron chi connectivity index (χ0n) is 16.3. The van der Waals surface area contributed by atoms with E-state index in [9.17, 15) is 4.79 Å². The molecule has 0 spiro atoms. The minimum Gasteiger partial charge on any atom is -0.471 e. The van der Waals surface area contributed by atoms with Gasteiger partial charge >= 0.3 is 0 Å². The minimum atomic E-state index is -0.290. The Balaban J connectivity index is 1.37. The van der Waals surface area contributed by atoms with E-state index in [0.717, 1.165) is 5.56 Å². The summed E-state index contributed by atoms with van der Waals surface area (Å²) in [6.07, 6.45) is 4.97. The number of benzene rings is 2. The maximum atomic E-state index is 12.7. The number of aromatic nitrogens is 4. The van der Waals surface area contributed by atoms with Gasteiger partial charge in [0, 0.05) is 17.4 Å². The lowest BCUT2D eigenvalue weighted by atomic mass is 10.1. The van der Waals surface area contributed by atoms with Gasteiger partial charge in [0.25, 0.3) is 5.91 Å². The molecule has 2 aromatic carbocycles. The number of rotatable bonds is 7. The second-order valence-electron chi connectivity index (χ2n) is 6.81. The molecule has 1 N–H and O–H groups in total. The van der Waals surface area contributed by atoms with E-state index in [0.29, 0.717) is 28.7 Å². The fraction of sp³-hybridized carbons (Fsp3) is 0.136. The minimum absolute atomic E-state index is 0.101. The van der Waals surface area contributed by atoms with Crippen molar-refractivity contribution in [1.82, 2.24) is 19.6 Å². The second kappa shape index (κ2) is 8.84. The van der Waals surface area contributed by atoms with E-state index in [1.165, 1.54) is 10.2 Å². The molecule has 0 bridgehead atoms. The fourth-order valence-corrected chi connectivity index (χ4v) is 3.01. The van der Waals surface area contributed by atoms with Crippen LogP contribution in [0.25, 0.3) is 0 Å². The van der Waals surface area contributed by atoms with Crippen molar-refractivity contribution in [2.75, 3.05) is 5.32 Å². The van der Waals surface area contributed by atoms with Crippen LogP contribution in [0.4, 0.5) is 5.69 Å². The Morgan fingerprint density at radius 2 is 1.83 bits per heavy atom. The standard InChI is InChI=1S/C22H20ClN5O2/c1-16-2-4-17(5-3-16)13-27-14-19(12-25-27)26-22(29)21-10-11-24-28(21)15-30-20-8-6-18(23)7-9-20/h2-12,14H,13,15H2,1H3,(H,26,29). The van der Waals surface area contributed by atoms with Gasteiger partial charge in [0.05, 0.1) is 18.4 Å². The lowest BCUT2D eigenvalue weighted by molar-refractivity contribution is 0.100. The highest BCUT2D eigenvalue weighted by molar-refractivity contribution is 6.30. The Hall–Kier alpha value is -3.58. The topological polar surface area (TPSA) is 74.0 Å². The van der Waals surface area contributed by atoms with Crippen LogP contribution in [0, 0.1) is 6.92 Å². The molecule has 0 aliphatic rings. The largest absolute Gasteiger partial charge is 0.471 e. The zero-order valence-corrected chi connectivity index (χ0v) is 17.1. The van der Waals surface area contributed by atoms with Crippen molar-refractivity contribution in [2.24, 2.45) is 0 Å². The summed E-state index contributed by atoms with van der Waals surface area (Å²) in [4.78, 5) is 12.7. The molecule has 2 aromatic heterocycles. The highest BCUT2D eigenvalue weighted by atomic mass is 35.5. The monoisotopic (exact) mass is 421 g/mol. The molecule has 4 rings (SSSR count). The fourth-order valence-electron chi connectivity index (χ4n) is 2.89. The van der Waals surface area contributed by atoms with Gasteiger partial charge in [-0.3, -0.25) is 9.48 Å². The van der Waals surface area contributed by atoms with Gasteiger partial charge in [-0.05, 0) is 42.8 Å². The summed E-state index contributed by atoms with van der Waals surface area (Å²) in [6.45, 7) is 2.78. The number of amides is 1. The van der Waals surface area contributed by atoms with Gasteiger partial charge in [0.2, 0.25) is 0 Å². The molecule has 0 radical (unpaired) electrons. The summed E-state index contributed by atoms with van der Waals surface area (Å²) in [5, 5.41) is 12.0. The molecule has 0 unspecified atom stereocenters. The summed E-state index contributed by atoms with van der Waals surface area (Å²) >= 11 is 5.88. The molecule has 152 valence electrons. The van der Waals surface area contributed by atoms with Crippen LogP contribution in [0.3, 0.4) is 0 Å². The van der Waals surface area contributed by atoms with Crippen LogP contribution in [-0.2, 0) is 13.3 Å². The van der Waals surface area contributed by atoms with Gasteiger partial charge in [-0.2, -0.15) is 10.2 Å². The van der Waals surface area contributed by atoms with Crippen molar-refractivity contribution in [3.05, 3.63) is 95.0 Å². The number of hydrogen-bond acceptors (Lipinski definition) is 4. The van der Waals surface area contributed by atoms with Crippen molar-refractivity contribution in [2.45, 2.75) is 20.2 Å². The molecule has 4 aromatic rings. The number of halogens is 1. The number of carbonyl (C=O) groups is 1. The lowest BCUT2D eigenvalue weighted by Gasteiger charge is -2.09. The van der Waals surface area contributed by atoms with Gasteiger partial charge in [0.15, 0.2) is 6.73 Å². The van der Waals surface area contributed by atoms with Crippen LogP contribution in [-0.4, -0.2) is 25.5 Å². The number of aryl methyl sites for hydroxylation is 1. The maximum Gasteiger partial charge on any atom is 0.274 e. The third-order valence-corrected chi connectivity index (χ3v) is 4.72. The number of hydrogen-bond donors (Lipinski definition) is 1. The molecule has 2 heterocycles. The molecule has 0 aliphatic carbocycles. The molecule has 0 fully saturated rings. The van der Waals surface area contributed by atoms with E-state index in [4.69, 9.17) is 16.3 Å². The molecule has 0 atom stereocenters. The molecule has 0 saturated heterocycles. The first-order valence-corrected chi connectivity index (χ1v) is 9.74. The van der Waals surface area contributed by atoms with E-state index < -0.39 is 0 Å². The molecule has 0 saturated carbocycles. The quantitative estimate of drug-likeness (QED) is 0.480. The normalized spacial score (nSPS) is 10.7. The Bertz CT molecular complexity index is 1130. The van der Waals surface area contributed by atoms with Crippen molar-refractivity contribution in [3.8, 4) is 5.75 Å². The Morgan fingerprint density at radius 1 is 1.07 bits per heavy atom. The molecule has 30 heavy (non-hydrogen) atoms. The average Bonchev–Trinajstić information content (AvgIpc) is 3.39. The summed E-state index contributed by atoms with van der Waals surface area (Å²) < 4.78 is 8.94. The van der Waals surface area contributed by atoms with Crippen molar-refractivity contribution >= 4 is 23.2 Å². The highest BCUT2D eigenvalue weighted by Gasteiger charge is 2.14. The molecule has 0 aliphatic heterocycles.